The molecule has 1 saturated heterocycles. The minimum Gasteiger partial charge on any atom is -0.376 e. The Bertz CT molecular complexity index is 194. The van der Waals surface area contributed by atoms with E-state index in [0.717, 1.165) is 32.7 Å². The number of halogens is 1. The lowest BCUT2D eigenvalue weighted by Gasteiger charge is -2.41. The van der Waals surface area contributed by atoms with Crippen LogP contribution in [0.3, 0.4) is 0 Å². The van der Waals surface area contributed by atoms with Crippen LogP contribution in [0, 0.1) is 0 Å². The van der Waals surface area contributed by atoms with E-state index in [9.17, 15) is 0 Å². The van der Waals surface area contributed by atoms with Crippen molar-refractivity contribution < 1.29 is 14.2 Å². The van der Waals surface area contributed by atoms with Gasteiger partial charge in [-0.15, -0.1) is 0 Å². The van der Waals surface area contributed by atoms with Gasteiger partial charge in [0.05, 0.1) is 24.9 Å². The Morgan fingerprint density at radius 1 is 1.40 bits per heavy atom. The fraction of sp³-hybridized carbons (Fsp3) is 1.00. The SMILES string of the molecule is CCOC1C(Br)CC1OCC1CCCO1. The Morgan fingerprint density at radius 2 is 2.27 bits per heavy atom. The molecule has 3 nitrogen and oxygen atoms in total. The third kappa shape index (κ3) is 2.93. The van der Waals surface area contributed by atoms with Crippen molar-refractivity contribution >= 4 is 15.9 Å². The maximum atomic E-state index is 5.82. The number of ether oxygens (including phenoxy) is 3. The van der Waals surface area contributed by atoms with Crippen LogP contribution < -0.4 is 0 Å². The van der Waals surface area contributed by atoms with Gasteiger partial charge < -0.3 is 14.2 Å². The molecule has 0 spiro atoms. The van der Waals surface area contributed by atoms with E-state index < -0.39 is 0 Å². The Kier molecular flexibility index (Phi) is 4.43. The first-order valence-electron chi connectivity index (χ1n) is 5.80. The lowest BCUT2D eigenvalue weighted by Crippen LogP contribution is -2.51. The zero-order chi connectivity index (χ0) is 10.7. The lowest BCUT2D eigenvalue weighted by molar-refractivity contribution is -0.133. The summed E-state index contributed by atoms with van der Waals surface area (Å²) in [4.78, 5) is 0.465. The fourth-order valence-corrected chi connectivity index (χ4v) is 2.96. The summed E-state index contributed by atoms with van der Waals surface area (Å²) in [6.07, 6.45) is 4.19. The molecule has 2 rings (SSSR count). The molecule has 2 aliphatic rings. The lowest BCUT2D eigenvalue weighted by atomic mass is 9.91. The molecule has 1 aliphatic heterocycles. The number of hydrogen-bond donors (Lipinski definition) is 0. The Hall–Kier alpha value is 0.360. The standard InChI is InChI=1S/C11H19BrO3/c1-2-13-11-9(12)6-10(11)15-7-8-4-3-5-14-8/h8-11H,2-7H2,1H3. The topological polar surface area (TPSA) is 27.7 Å². The highest BCUT2D eigenvalue weighted by molar-refractivity contribution is 9.09. The molecule has 0 aromatic carbocycles. The van der Waals surface area contributed by atoms with Crippen LogP contribution in [0.5, 0.6) is 0 Å². The van der Waals surface area contributed by atoms with Gasteiger partial charge >= 0.3 is 0 Å². The van der Waals surface area contributed by atoms with E-state index in [1.165, 1.54) is 6.42 Å². The van der Waals surface area contributed by atoms with Gasteiger partial charge in [-0.05, 0) is 26.2 Å². The van der Waals surface area contributed by atoms with E-state index in [4.69, 9.17) is 14.2 Å². The summed E-state index contributed by atoms with van der Waals surface area (Å²) in [6.45, 7) is 4.41. The fourth-order valence-electron chi connectivity index (χ4n) is 2.10. The minimum atomic E-state index is 0.233. The zero-order valence-electron chi connectivity index (χ0n) is 9.15. The molecule has 4 atom stereocenters. The summed E-state index contributed by atoms with van der Waals surface area (Å²) in [5.41, 5.74) is 0. The molecule has 4 heteroatoms. The van der Waals surface area contributed by atoms with Gasteiger partial charge in [0.25, 0.3) is 0 Å². The van der Waals surface area contributed by atoms with Crippen LogP contribution in [0.1, 0.15) is 26.2 Å². The Balaban J connectivity index is 1.66. The highest BCUT2D eigenvalue weighted by atomic mass is 79.9. The van der Waals surface area contributed by atoms with Crippen molar-refractivity contribution in [3.8, 4) is 0 Å². The van der Waals surface area contributed by atoms with Crippen molar-refractivity contribution in [2.24, 2.45) is 0 Å². The van der Waals surface area contributed by atoms with E-state index in [-0.39, 0.29) is 12.2 Å². The van der Waals surface area contributed by atoms with Gasteiger partial charge in [0.15, 0.2) is 0 Å². The van der Waals surface area contributed by atoms with E-state index in [1.54, 1.807) is 0 Å². The van der Waals surface area contributed by atoms with Gasteiger partial charge in [0.2, 0.25) is 0 Å². The highest BCUT2D eigenvalue weighted by Crippen LogP contribution is 2.33. The van der Waals surface area contributed by atoms with Crippen molar-refractivity contribution in [2.45, 2.75) is 49.3 Å². The van der Waals surface area contributed by atoms with Crippen LogP contribution in [-0.2, 0) is 14.2 Å². The predicted molar refractivity (Wildman–Crippen MR) is 61.5 cm³/mol. The van der Waals surface area contributed by atoms with Gasteiger partial charge in [-0.25, -0.2) is 0 Å². The monoisotopic (exact) mass is 278 g/mol. The molecule has 1 heterocycles. The summed E-state index contributed by atoms with van der Waals surface area (Å²) in [5, 5.41) is 0. The average Bonchev–Trinajstić information content (AvgIpc) is 2.73. The van der Waals surface area contributed by atoms with Gasteiger partial charge in [0, 0.05) is 18.0 Å². The quantitative estimate of drug-likeness (QED) is 0.721. The molecule has 1 aliphatic carbocycles. The van der Waals surface area contributed by atoms with Crippen LogP contribution >= 0.6 is 15.9 Å². The van der Waals surface area contributed by atoms with E-state index in [1.807, 2.05) is 6.92 Å². The van der Waals surface area contributed by atoms with E-state index >= 15 is 0 Å². The second kappa shape index (κ2) is 5.62. The van der Waals surface area contributed by atoms with Crippen LogP contribution in [0.15, 0.2) is 0 Å². The maximum absolute atomic E-state index is 5.82. The van der Waals surface area contributed by atoms with Crippen molar-refractivity contribution in [1.82, 2.24) is 0 Å². The molecule has 1 saturated carbocycles. The molecular weight excluding hydrogens is 260 g/mol. The third-order valence-corrected chi connectivity index (χ3v) is 3.95. The number of hydrogen-bond acceptors (Lipinski definition) is 3. The van der Waals surface area contributed by atoms with E-state index in [0.29, 0.717) is 10.9 Å². The van der Waals surface area contributed by atoms with Crippen LogP contribution in [-0.4, -0.2) is 43.0 Å². The van der Waals surface area contributed by atoms with Crippen LogP contribution in [0.4, 0.5) is 0 Å². The first-order valence-corrected chi connectivity index (χ1v) is 6.71. The largest absolute Gasteiger partial charge is 0.376 e. The average molecular weight is 279 g/mol. The zero-order valence-corrected chi connectivity index (χ0v) is 10.7. The van der Waals surface area contributed by atoms with Gasteiger partial charge in [0.1, 0.15) is 0 Å². The number of alkyl halides is 1. The molecule has 88 valence electrons. The molecule has 0 aromatic heterocycles. The first kappa shape index (κ1) is 11.8. The summed E-state index contributed by atoms with van der Waals surface area (Å²) in [6, 6.07) is 0. The van der Waals surface area contributed by atoms with Crippen molar-refractivity contribution in [1.29, 1.82) is 0 Å². The molecule has 0 radical (unpaired) electrons. The van der Waals surface area contributed by atoms with Crippen molar-refractivity contribution in [3.63, 3.8) is 0 Å². The number of rotatable bonds is 5. The van der Waals surface area contributed by atoms with Gasteiger partial charge in [-0.2, -0.15) is 0 Å². The van der Waals surface area contributed by atoms with Gasteiger partial charge in [-0.1, -0.05) is 15.9 Å². The summed E-state index contributed by atoms with van der Waals surface area (Å²) in [5.74, 6) is 0. The molecule has 15 heavy (non-hydrogen) atoms. The Morgan fingerprint density at radius 3 is 2.87 bits per heavy atom. The molecule has 0 bridgehead atoms. The summed E-state index contributed by atoms with van der Waals surface area (Å²) in [7, 11) is 0. The minimum absolute atomic E-state index is 0.233. The van der Waals surface area contributed by atoms with Crippen molar-refractivity contribution in [2.75, 3.05) is 19.8 Å². The molecule has 0 N–H and O–H groups in total. The molecule has 0 aromatic rings. The molecule has 0 amide bonds. The maximum Gasteiger partial charge on any atom is 0.0962 e. The first-order chi connectivity index (χ1) is 7.31. The smallest absolute Gasteiger partial charge is 0.0962 e. The Labute approximate surface area is 99.6 Å². The third-order valence-electron chi connectivity index (χ3n) is 3.06. The van der Waals surface area contributed by atoms with Gasteiger partial charge in [-0.3, -0.25) is 0 Å². The molecular formula is C11H19BrO3. The normalized spacial score (nSPS) is 40.4. The second-order valence-electron chi connectivity index (χ2n) is 4.18. The van der Waals surface area contributed by atoms with E-state index in [2.05, 4.69) is 15.9 Å². The highest BCUT2D eigenvalue weighted by Gasteiger charge is 2.41. The molecule has 4 unspecified atom stereocenters. The molecule has 2 fully saturated rings. The summed E-state index contributed by atoms with van der Waals surface area (Å²) >= 11 is 3.59. The van der Waals surface area contributed by atoms with Crippen LogP contribution in [0.2, 0.25) is 0 Å². The summed E-state index contributed by atoms with van der Waals surface area (Å²) < 4.78 is 16.9. The van der Waals surface area contributed by atoms with Crippen LogP contribution in [0.25, 0.3) is 0 Å². The second-order valence-corrected chi connectivity index (χ2v) is 5.35. The van der Waals surface area contributed by atoms with Crippen molar-refractivity contribution in [3.05, 3.63) is 0 Å². The predicted octanol–water partition coefficient (Wildman–Crippen LogP) is 2.12.